The lowest BCUT2D eigenvalue weighted by atomic mass is 10.1. The first-order chi connectivity index (χ1) is 7.57. The maximum Gasteiger partial charge on any atom is 0.348 e. The maximum atomic E-state index is 11.7. The van der Waals surface area contributed by atoms with Crippen LogP contribution in [0.1, 0.15) is 10.4 Å². The zero-order chi connectivity index (χ0) is 12.1. The molecule has 5 nitrogen and oxygen atoms in total. The third-order valence-electron chi connectivity index (χ3n) is 1.88. The van der Waals surface area contributed by atoms with Gasteiger partial charge >= 0.3 is 5.97 Å². The molecule has 3 N–H and O–H groups in total. The fraction of sp³-hybridized carbons (Fsp3) is 0. The van der Waals surface area contributed by atoms with Crippen LogP contribution in [-0.4, -0.2) is 16.9 Å². The van der Waals surface area contributed by atoms with E-state index >= 15 is 0 Å². The maximum absolute atomic E-state index is 11.7. The number of nitrogens with zero attached hydrogens (tertiary/aromatic N) is 1. The lowest BCUT2D eigenvalue weighted by molar-refractivity contribution is -0.132. The molecule has 0 amide bonds. The van der Waals surface area contributed by atoms with Gasteiger partial charge in [0.25, 0.3) is 0 Å². The van der Waals surface area contributed by atoms with Crippen LogP contribution in [0.2, 0.25) is 0 Å². The first-order valence-corrected chi connectivity index (χ1v) is 4.30. The summed E-state index contributed by atoms with van der Waals surface area (Å²) in [5, 5.41) is 17.2. The number of allylic oxidation sites excluding steroid dienone is 1. The predicted molar refractivity (Wildman–Crippen MR) is 55.2 cm³/mol. The SMILES string of the molecule is N#CC(C(=O)O)=C(N)C(=O)c1ccccc1. The summed E-state index contributed by atoms with van der Waals surface area (Å²) in [7, 11) is 0. The van der Waals surface area contributed by atoms with Gasteiger partial charge in [-0.05, 0) is 0 Å². The van der Waals surface area contributed by atoms with Gasteiger partial charge in [0, 0.05) is 5.56 Å². The minimum Gasteiger partial charge on any atom is -0.477 e. The van der Waals surface area contributed by atoms with Crippen LogP contribution in [0.5, 0.6) is 0 Å². The van der Waals surface area contributed by atoms with Gasteiger partial charge in [0.05, 0.1) is 0 Å². The number of carboxylic acids is 1. The van der Waals surface area contributed by atoms with E-state index in [-0.39, 0.29) is 5.56 Å². The van der Waals surface area contributed by atoms with Gasteiger partial charge in [-0.25, -0.2) is 4.79 Å². The average Bonchev–Trinajstić information content (AvgIpc) is 2.29. The van der Waals surface area contributed by atoms with E-state index in [1.54, 1.807) is 18.2 Å². The van der Waals surface area contributed by atoms with Gasteiger partial charge in [0.2, 0.25) is 5.78 Å². The second kappa shape index (κ2) is 4.75. The van der Waals surface area contributed by atoms with E-state index in [2.05, 4.69) is 0 Å². The number of carboxylic acid groups (broad SMARTS) is 1. The number of nitrogens with two attached hydrogens (primary N) is 1. The Balaban J connectivity index is 3.18. The highest BCUT2D eigenvalue weighted by molar-refractivity contribution is 6.13. The molecule has 16 heavy (non-hydrogen) atoms. The van der Waals surface area contributed by atoms with Crippen LogP contribution in [0.25, 0.3) is 0 Å². The molecule has 5 heteroatoms. The van der Waals surface area contributed by atoms with E-state index in [1.165, 1.54) is 18.2 Å². The first kappa shape index (κ1) is 11.5. The smallest absolute Gasteiger partial charge is 0.348 e. The zero-order valence-electron chi connectivity index (χ0n) is 8.18. The van der Waals surface area contributed by atoms with E-state index in [9.17, 15) is 9.59 Å². The second-order valence-electron chi connectivity index (χ2n) is 2.90. The summed E-state index contributed by atoms with van der Waals surface area (Å²) in [6.45, 7) is 0. The fourth-order valence-electron chi connectivity index (χ4n) is 1.08. The largest absolute Gasteiger partial charge is 0.477 e. The molecule has 0 aliphatic heterocycles. The monoisotopic (exact) mass is 216 g/mol. The molecule has 1 rings (SSSR count). The van der Waals surface area contributed by atoms with Crippen molar-refractivity contribution in [2.45, 2.75) is 0 Å². The van der Waals surface area contributed by atoms with Crippen molar-refractivity contribution in [2.24, 2.45) is 5.73 Å². The normalized spacial score (nSPS) is 11.2. The van der Waals surface area contributed by atoms with E-state index in [0.717, 1.165) is 0 Å². The van der Waals surface area contributed by atoms with Crippen molar-refractivity contribution < 1.29 is 14.7 Å². The number of Topliss-reactive ketones (excluding diaryl/α,β-unsaturated/α-hetero) is 1. The van der Waals surface area contributed by atoms with Crippen molar-refractivity contribution in [2.75, 3.05) is 0 Å². The highest BCUT2D eigenvalue weighted by Crippen LogP contribution is 2.08. The Morgan fingerprint density at radius 2 is 1.81 bits per heavy atom. The Morgan fingerprint density at radius 3 is 2.25 bits per heavy atom. The van der Waals surface area contributed by atoms with Crippen LogP contribution < -0.4 is 5.73 Å². The molecule has 80 valence electrons. The molecule has 0 saturated heterocycles. The summed E-state index contributed by atoms with van der Waals surface area (Å²) in [5.74, 6) is -2.18. The van der Waals surface area contributed by atoms with Crippen molar-refractivity contribution in [1.29, 1.82) is 5.26 Å². The molecule has 0 saturated carbocycles. The molecule has 0 bridgehead atoms. The molecule has 0 atom stereocenters. The number of hydrogen-bond donors (Lipinski definition) is 2. The minimum atomic E-state index is -1.51. The molecule has 0 unspecified atom stereocenters. The van der Waals surface area contributed by atoms with Gasteiger partial charge in [0.15, 0.2) is 5.57 Å². The summed E-state index contributed by atoms with van der Waals surface area (Å²) in [5.41, 5.74) is 4.28. The zero-order valence-corrected chi connectivity index (χ0v) is 8.18. The van der Waals surface area contributed by atoms with Crippen molar-refractivity contribution in [3.63, 3.8) is 0 Å². The average molecular weight is 216 g/mol. The molecule has 0 fully saturated rings. The van der Waals surface area contributed by atoms with Gasteiger partial charge < -0.3 is 10.8 Å². The molecule has 0 aliphatic carbocycles. The molecule has 0 aliphatic rings. The Bertz CT molecular complexity index is 498. The second-order valence-corrected chi connectivity index (χ2v) is 2.90. The summed E-state index contributed by atoms with van der Waals surface area (Å²) in [4.78, 5) is 22.2. The van der Waals surface area contributed by atoms with Crippen molar-refractivity contribution in [3.8, 4) is 6.07 Å². The molecular formula is C11H8N2O3. The van der Waals surface area contributed by atoms with Gasteiger partial charge in [-0.1, -0.05) is 30.3 Å². The third-order valence-corrected chi connectivity index (χ3v) is 1.88. The van der Waals surface area contributed by atoms with Crippen LogP contribution in [0.15, 0.2) is 41.6 Å². The van der Waals surface area contributed by atoms with Crippen LogP contribution in [0, 0.1) is 11.3 Å². The van der Waals surface area contributed by atoms with Crippen LogP contribution in [0.4, 0.5) is 0 Å². The van der Waals surface area contributed by atoms with Crippen molar-refractivity contribution in [3.05, 3.63) is 47.2 Å². The first-order valence-electron chi connectivity index (χ1n) is 4.30. The van der Waals surface area contributed by atoms with E-state index in [1.807, 2.05) is 0 Å². The lowest BCUT2D eigenvalue weighted by Gasteiger charge is -2.01. The third kappa shape index (κ3) is 2.25. The summed E-state index contributed by atoms with van der Waals surface area (Å²) in [6, 6.07) is 9.31. The van der Waals surface area contributed by atoms with E-state index in [4.69, 9.17) is 16.1 Å². The summed E-state index contributed by atoms with van der Waals surface area (Å²) < 4.78 is 0. The Hall–Kier alpha value is -2.61. The molecule has 0 spiro atoms. The Kier molecular flexibility index (Phi) is 3.41. The van der Waals surface area contributed by atoms with Gasteiger partial charge in [-0.2, -0.15) is 5.26 Å². The molecule has 0 radical (unpaired) electrons. The quantitative estimate of drug-likeness (QED) is 0.439. The Labute approximate surface area is 91.4 Å². The Morgan fingerprint density at radius 1 is 1.25 bits per heavy atom. The number of aliphatic carboxylic acids is 1. The van der Waals surface area contributed by atoms with Gasteiger partial charge in [0.1, 0.15) is 11.8 Å². The highest BCUT2D eigenvalue weighted by Gasteiger charge is 2.18. The van der Waals surface area contributed by atoms with Crippen LogP contribution in [-0.2, 0) is 4.79 Å². The summed E-state index contributed by atoms with van der Waals surface area (Å²) >= 11 is 0. The predicted octanol–water partition coefficient (Wildman–Crippen LogP) is 0.690. The molecule has 1 aromatic rings. The van der Waals surface area contributed by atoms with Crippen molar-refractivity contribution in [1.82, 2.24) is 0 Å². The highest BCUT2D eigenvalue weighted by atomic mass is 16.4. The number of hydrogen-bond acceptors (Lipinski definition) is 4. The standard InChI is InChI=1S/C11H8N2O3/c12-6-8(11(15)16)9(13)10(14)7-4-2-1-3-5-7/h1-5H,13H2,(H,15,16). The minimum absolute atomic E-state index is 0.244. The number of benzene rings is 1. The van der Waals surface area contributed by atoms with Gasteiger partial charge in [-0.15, -0.1) is 0 Å². The van der Waals surface area contributed by atoms with Crippen molar-refractivity contribution >= 4 is 11.8 Å². The molecular weight excluding hydrogens is 208 g/mol. The van der Waals surface area contributed by atoms with E-state index in [0.29, 0.717) is 0 Å². The van der Waals surface area contributed by atoms with Crippen LogP contribution >= 0.6 is 0 Å². The molecule has 1 aromatic carbocycles. The molecule has 0 heterocycles. The fourth-order valence-corrected chi connectivity index (χ4v) is 1.08. The van der Waals surface area contributed by atoms with Gasteiger partial charge in [-0.3, -0.25) is 4.79 Å². The van der Waals surface area contributed by atoms with Crippen LogP contribution in [0.3, 0.4) is 0 Å². The van der Waals surface area contributed by atoms with E-state index < -0.39 is 23.0 Å². The molecule has 0 aromatic heterocycles. The lowest BCUT2D eigenvalue weighted by Crippen LogP contribution is -2.17. The number of nitriles is 1. The topological polar surface area (TPSA) is 104 Å². The number of carbonyl (C=O) groups excluding carboxylic acids is 1. The number of rotatable bonds is 3. The number of ketones is 1. The summed E-state index contributed by atoms with van der Waals surface area (Å²) in [6.07, 6.45) is 0. The number of carbonyl (C=O) groups is 2.